The van der Waals surface area contributed by atoms with E-state index in [1.165, 1.54) is 28.5 Å². The van der Waals surface area contributed by atoms with Gasteiger partial charge < -0.3 is 14.9 Å². The lowest BCUT2D eigenvalue weighted by atomic mass is 9.84. The van der Waals surface area contributed by atoms with E-state index >= 15 is 0 Å². The lowest BCUT2D eigenvalue weighted by Gasteiger charge is -2.45. The Morgan fingerprint density at radius 2 is 1.89 bits per heavy atom. The Balaban J connectivity index is 1.42. The zero-order valence-corrected chi connectivity index (χ0v) is 21.6. The standard InChI is InChI=1S/C25H26ClN5O4S/c1-25(2,3)20-13-30(10-11-31(20)24(34)35)22(33)15-8-9-18(27-12-15)21(32)29-23-28-19(14-36-23)16-6-4-5-7-17(16)26/h4-9,12,14,20H,10-11,13H2,1-3H3,(H,34,35)(H,28,29,32). The average molecular weight is 528 g/mol. The molecule has 0 saturated carbocycles. The predicted octanol–water partition coefficient (Wildman–Crippen LogP) is 4.96. The van der Waals surface area contributed by atoms with Crippen LogP contribution in [0.25, 0.3) is 11.3 Å². The highest BCUT2D eigenvalue weighted by Gasteiger charge is 2.39. The summed E-state index contributed by atoms with van der Waals surface area (Å²) in [5.74, 6) is -0.699. The van der Waals surface area contributed by atoms with E-state index < -0.39 is 12.0 Å². The Bertz CT molecular complexity index is 1290. The minimum atomic E-state index is -0.988. The number of pyridine rings is 1. The van der Waals surface area contributed by atoms with E-state index in [-0.39, 0.29) is 42.7 Å². The van der Waals surface area contributed by atoms with E-state index in [4.69, 9.17) is 11.6 Å². The fraction of sp³-hybridized carbons (Fsp3) is 0.320. The van der Waals surface area contributed by atoms with E-state index in [0.29, 0.717) is 21.4 Å². The molecule has 3 aromatic rings. The molecule has 3 amide bonds. The van der Waals surface area contributed by atoms with Crippen LogP contribution in [0.2, 0.25) is 5.02 Å². The van der Waals surface area contributed by atoms with Crippen molar-refractivity contribution >= 4 is 46.0 Å². The number of carboxylic acid groups (broad SMARTS) is 1. The molecule has 188 valence electrons. The molecule has 2 N–H and O–H groups in total. The summed E-state index contributed by atoms with van der Waals surface area (Å²) in [7, 11) is 0. The summed E-state index contributed by atoms with van der Waals surface area (Å²) >= 11 is 7.50. The molecule has 0 aliphatic carbocycles. The van der Waals surface area contributed by atoms with Gasteiger partial charge in [0.2, 0.25) is 0 Å². The molecule has 1 aliphatic rings. The molecule has 1 unspecified atom stereocenters. The van der Waals surface area contributed by atoms with E-state index in [2.05, 4.69) is 15.3 Å². The molecule has 0 spiro atoms. The number of piperazine rings is 1. The summed E-state index contributed by atoms with van der Waals surface area (Å²) in [5, 5.41) is 15.0. The third-order valence-corrected chi connectivity index (χ3v) is 7.12. The molecule has 1 saturated heterocycles. The second kappa shape index (κ2) is 10.2. The number of nitrogens with zero attached hydrogens (tertiary/aromatic N) is 4. The fourth-order valence-electron chi connectivity index (χ4n) is 4.06. The first-order valence-electron chi connectivity index (χ1n) is 11.3. The summed E-state index contributed by atoms with van der Waals surface area (Å²) in [4.78, 5) is 49.0. The Hall–Kier alpha value is -3.50. The van der Waals surface area contributed by atoms with Crippen molar-refractivity contribution in [3.63, 3.8) is 0 Å². The maximum absolute atomic E-state index is 13.1. The van der Waals surface area contributed by atoms with Crippen molar-refractivity contribution in [3.05, 3.63) is 64.3 Å². The van der Waals surface area contributed by atoms with Crippen molar-refractivity contribution in [2.45, 2.75) is 26.8 Å². The highest BCUT2D eigenvalue weighted by molar-refractivity contribution is 7.14. The number of hydrogen-bond donors (Lipinski definition) is 2. The van der Waals surface area contributed by atoms with Gasteiger partial charge in [0, 0.05) is 41.8 Å². The summed E-state index contributed by atoms with van der Waals surface area (Å²) in [6.45, 7) is 6.68. The van der Waals surface area contributed by atoms with Crippen LogP contribution in [0.15, 0.2) is 48.0 Å². The van der Waals surface area contributed by atoms with Crippen LogP contribution < -0.4 is 5.32 Å². The van der Waals surface area contributed by atoms with Crippen LogP contribution in [0.5, 0.6) is 0 Å². The highest BCUT2D eigenvalue weighted by atomic mass is 35.5. The normalized spacial score (nSPS) is 16.1. The molecule has 11 heteroatoms. The van der Waals surface area contributed by atoms with Gasteiger partial charge in [-0.15, -0.1) is 11.3 Å². The second-order valence-corrected chi connectivity index (χ2v) is 10.8. The maximum Gasteiger partial charge on any atom is 0.407 e. The molecule has 4 rings (SSSR count). The molecule has 9 nitrogen and oxygen atoms in total. The van der Waals surface area contributed by atoms with Gasteiger partial charge in [-0.2, -0.15) is 0 Å². The first-order valence-corrected chi connectivity index (χ1v) is 12.6. The quantitative estimate of drug-likeness (QED) is 0.495. The number of benzene rings is 1. The lowest BCUT2D eigenvalue weighted by molar-refractivity contribution is 0.0198. The minimum Gasteiger partial charge on any atom is -0.465 e. The number of amides is 3. The molecule has 1 aromatic carbocycles. The summed E-state index contributed by atoms with van der Waals surface area (Å²) < 4.78 is 0. The van der Waals surface area contributed by atoms with Crippen molar-refractivity contribution in [2.24, 2.45) is 5.41 Å². The van der Waals surface area contributed by atoms with E-state index in [9.17, 15) is 19.5 Å². The first-order chi connectivity index (χ1) is 17.0. The number of thiazole rings is 1. The minimum absolute atomic E-state index is 0.143. The monoisotopic (exact) mass is 527 g/mol. The molecule has 36 heavy (non-hydrogen) atoms. The van der Waals surface area contributed by atoms with Crippen molar-refractivity contribution in [1.29, 1.82) is 0 Å². The number of carbonyl (C=O) groups excluding carboxylic acids is 2. The Kier molecular flexibility index (Phi) is 7.28. The molecular weight excluding hydrogens is 502 g/mol. The Labute approximate surface area is 217 Å². The van der Waals surface area contributed by atoms with Crippen molar-refractivity contribution < 1.29 is 19.5 Å². The van der Waals surface area contributed by atoms with Crippen LogP contribution in [-0.2, 0) is 0 Å². The van der Waals surface area contributed by atoms with Gasteiger partial charge in [-0.3, -0.25) is 19.9 Å². The van der Waals surface area contributed by atoms with Crippen molar-refractivity contribution in [3.8, 4) is 11.3 Å². The largest absolute Gasteiger partial charge is 0.465 e. The van der Waals surface area contributed by atoms with Gasteiger partial charge in [0.1, 0.15) is 5.69 Å². The molecule has 1 fully saturated rings. The van der Waals surface area contributed by atoms with Gasteiger partial charge in [-0.05, 0) is 23.6 Å². The summed E-state index contributed by atoms with van der Waals surface area (Å²) in [6.07, 6.45) is 0.377. The molecule has 0 radical (unpaired) electrons. The fourth-order valence-corrected chi connectivity index (χ4v) is 5.00. The average Bonchev–Trinajstić information content (AvgIpc) is 3.31. The highest BCUT2D eigenvalue weighted by Crippen LogP contribution is 2.31. The summed E-state index contributed by atoms with van der Waals surface area (Å²) in [5.41, 5.74) is 1.57. The zero-order valence-electron chi connectivity index (χ0n) is 20.1. The van der Waals surface area contributed by atoms with E-state index in [1.54, 1.807) is 22.4 Å². The SMILES string of the molecule is CC(C)(C)C1CN(C(=O)c2ccc(C(=O)Nc3nc(-c4ccccc4Cl)cs3)nc2)CCN1C(=O)O. The van der Waals surface area contributed by atoms with Crippen molar-refractivity contribution in [2.75, 3.05) is 25.0 Å². The third kappa shape index (κ3) is 5.50. The number of aromatic nitrogens is 2. The third-order valence-electron chi connectivity index (χ3n) is 6.03. The topological polar surface area (TPSA) is 116 Å². The lowest BCUT2D eigenvalue weighted by Crippen LogP contribution is -2.60. The smallest absolute Gasteiger partial charge is 0.407 e. The van der Waals surface area contributed by atoms with Gasteiger partial charge in [0.25, 0.3) is 11.8 Å². The van der Waals surface area contributed by atoms with Crippen LogP contribution in [0.4, 0.5) is 9.93 Å². The van der Waals surface area contributed by atoms with Crippen LogP contribution >= 0.6 is 22.9 Å². The zero-order chi connectivity index (χ0) is 26.0. The van der Waals surface area contributed by atoms with Crippen molar-refractivity contribution in [1.82, 2.24) is 19.8 Å². The molecule has 2 aromatic heterocycles. The molecule has 1 aliphatic heterocycles. The summed E-state index contributed by atoms with van der Waals surface area (Å²) in [6, 6.07) is 10.0. The van der Waals surface area contributed by atoms with Gasteiger partial charge in [-0.1, -0.05) is 50.6 Å². The number of halogens is 1. The first kappa shape index (κ1) is 25.6. The molecular formula is C25H26ClN5O4S. The Morgan fingerprint density at radius 1 is 1.14 bits per heavy atom. The van der Waals surface area contributed by atoms with Gasteiger partial charge in [0.05, 0.1) is 17.3 Å². The van der Waals surface area contributed by atoms with Crippen LogP contribution in [0, 0.1) is 5.41 Å². The van der Waals surface area contributed by atoms with E-state index in [0.717, 1.165) is 5.56 Å². The van der Waals surface area contributed by atoms with Crippen LogP contribution in [0.1, 0.15) is 41.6 Å². The molecule has 1 atom stereocenters. The van der Waals surface area contributed by atoms with E-state index in [1.807, 2.05) is 39.0 Å². The number of carbonyl (C=O) groups is 3. The number of nitrogens with one attached hydrogen (secondary N) is 1. The molecule has 3 heterocycles. The number of rotatable bonds is 4. The number of anilines is 1. The van der Waals surface area contributed by atoms with Crippen LogP contribution in [-0.4, -0.2) is 68.5 Å². The predicted molar refractivity (Wildman–Crippen MR) is 139 cm³/mol. The Morgan fingerprint density at radius 3 is 2.53 bits per heavy atom. The number of hydrogen-bond acceptors (Lipinski definition) is 6. The van der Waals surface area contributed by atoms with Gasteiger partial charge in [0.15, 0.2) is 5.13 Å². The molecule has 0 bridgehead atoms. The van der Waals surface area contributed by atoms with Gasteiger partial charge >= 0.3 is 6.09 Å². The van der Waals surface area contributed by atoms with Crippen LogP contribution in [0.3, 0.4) is 0 Å². The second-order valence-electron chi connectivity index (χ2n) is 9.51. The van der Waals surface area contributed by atoms with Gasteiger partial charge in [-0.25, -0.2) is 9.78 Å². The maximum atomic E-state index is 13.1.